The molecule has 0 bridgehead atoms. The molecule has 236 valence electrons. The second-order valence-corrected chi connectivity index (χ2v) is 11.4. The summed E-state index contributed by atoms with van der Waals surface area (Å²) in [5, 5.41) is 43.1. The van der Waals surface area contributed by atoms with Crippen molar-refractivity contribution < 1.29 is 39.5 Å². The first-order valence-corrected chi connectivity index (χ1v) is 16.1. The molecule has 0 rings (SSSR count). The van der Waals surface area contributed by atoms with Gasteiger partial charge in [-0.05, 0) is 19.3 Å². The number of carbonyl (C=O) groups excluding carboxylic acids is 3. The van der Waals surface area contributed by atoms with Gasteiger partial charge in [-0.25, -0.2) is 0 Å². The Labute approximate surface area is 243 Å². The average molecular weight is 573 g/mol. The van der Waals surface area contributed by atoms with Crippen LogP contribution in [0.1, 0.15) is 156 Å². The molecule has 0 aromatic rings. The quantitative estimate of drug-likeness (QED) is 0.0688. The van der Waals surface area contributed by atoms with E-state index in [2.05, 4.69) is 20.8 Å². The summed E-state index contributed by atoms with van der Waals surface area (Å²) in [6.45, 7) is 5.51. The van der Waals surface area contributed by atoms with E-state index in [0.29, 0.717) is 19.3 Å². The van der Waals surface area contributed by atoms with Crippen LogP contribution in [0.3, 0.4) is 0 Å². The Hall–Kier alpha value is -1.35. The number of aliphatic hydroxyl groups excluding tert-OH is 3. The van der Waals surface area contributed by atoms with Crippen LogP contribution < -0.4 is 0 Å². The molecular weight excluding hydrogens is 512 g/mol. The highest BCUT2D eigenvalue weighted by Gasteiger charge is 2.49. The lowest BCUT2D eigenvalue weighted by Crippen LogP contribution is -2.61. The number of carbonyl (C=O) groups is 3. The second kappa shape index (κ2) is 24.3. The Morgan fingerprint density at radius 3 is 1.48 bits per heavy atom. The molecule has 0 saturated heterocycles. The summed E-state index contributed by atoms with van der Waals surface area (Å²) in [7, 11) is 0. The Bertz CT molecular complexity index is 667. The van der Waals surface area contributed by atoms with Crippen LogP contribution in [0.2, 0.25) is 0 Å². The number of esters is 1. The SMILES string of the molecule is CCCCCCCCC(=O)OC[C@](O)(C(=O)CCCCCCCC)[C@H](O)[C@@H](O)C(O)C(=O)CCCCCCCC. The van der Waals surface area contributed by atoms with Gasteiger partial charge >= 0.3 is 5.97 Å². The van der Waals surface area contributed by atoms with Gasteiger partial charge in [0.1, 0.15) is 24.9 Å². The van der Waals surface area contributed by atoms with E-state index in [9.17, 15) is 34.8 Å². The van der Waals surface area contributed by atoms with Gasteiger partial charge in [-0.15, -0.1) is 0 Å². The van der Waals surface area contributed by atoms with Crippen molar-refractivity contribution in [2.45, 2.75) is 180 Å². The predicted octanol–water partition coefficient (Wildman–Crippen LogP) is 5.73. The molecule has 0 saturated carbocycles. The number of unbranched alkanes of at least 4 members (excludes halogenated alkanes) is 15. The first-order valence-electron chi connectivity index (χ1n) is 16.1. The number of aliphatic hydroxyl groups is 4. The fraction of sp³-hybridized carbons (Fsp3) is 0.906. The molecule has 0 radical (unpaired) electrons. The van der Waals surface area contributed by atoms with Crippen LogP contribution in [-0.4, -0.2) is 68.5 Å². The molecule has 8 nitrogen and oxygen atoms in total. The molecule has 0 aliphatic carbocycles. The largest absolute Gasteiger partial charge is 0.462 e. The van der Waals surface area contributed by atoms with Crippen molar-refractivity contribution in [3.63, 3.8) is 0 Å². The molecule has 4 atom stereocenters. The molecule has 0 aromatic heterocycles. The van der Waals surface area contributed by atoms with Crippen molar-refractivity contribution in [1.82, 2.24) is 0 Å². The number of hydrogen-bond donors (Lipinski definition) is 4. The van der Waals surface area contributed by atoms with Crippen molar-refractivity contribution in [2.24, 2.45) is 0 Å². The maximum Gasteiger partial charge on any atom is 0.305 e. The number of rotatable bonds is 28. The fourth-order valence-corrected chi connectivity index (χ4v) is 4.80. The standard InChI is InChI=1S/C32H60O8/c1-4-7-10-13-16-19-22-26(33)29(36)30(37)31(38)32(39,27(34)23-20-17-14-11-8-5-2)25-40-28(35)24-21-18-15-12-9-6-3/h29-31,36-39H,4-25H2,1-3H3/t29?,30-,31+,32-/m0/s1. The van der Waals surface area contributed by atoms with Crippen molar-refractivity contribution in [1.29, 1.82) is 0 Å². The van der Waals surface area contributed by atoms with Crippen LogP contribution in [0.5, 0.6) is 0 Å². The van der Waals surface area contributed by atoms with Crippen molar-refractivity contribution in [2.75, 3.05) is 6.61 Å². The summed E-state index contributed by atoms with van der Waals surface area (Å²) in [6, 6.07) is 0. The monoisotopic (exact) mass is 572 g/mol. The van der Waals surface area contributed by atoms with Crippen LogP contribution >= 0.6 is 0 Å². The van der Waals surface area contributed by atoms with Gasteiger partial charge in [0.2, 0.25) is 0 Å². The molecule has 0 spiro atoms. The Morgan fingerprint density at radius 1 is 0.600 bits per heavy atom. The zero-order valence-electron chi connectivity index (χ0n) is 25.7. The zero-order chi connectivity index (χ0) is 30.2. The third-order valence-corrected chi connectivity index (χ3v) is 7.67. The molecule has 0 aliphatic rings. The van der Waals surface area contributed by atoms with Crippen LogP contribution in [0.4, 0.5) is 0 Å². The molecule has 40 heavy (non-hydrogen) atoms. The van der Waals surface area contributed by atoms with E-state index < -0.39 is 48.1 Å². The minimum atomic E-state index is -2.62. The normalized spacial score (nSPS) is 15.3. The minimum absolute atomic E-state index is 0.0223. The van der Waals surface area contributed by atoms with E-state index in [1.807, 2.05) is 0 Å². The maximum atomic E-state index is 13.1. The minimum Gasteiger partial charge on any atom is -0.462 e. The fourth-order valence-electron chi connectivity index (χ4n) is 4.80. The van der Waals surface area contributed by atoms with Crippen molar-refractivity contribution in [3.8, 4) is 0 Å². The molecule has 0 aliphatic heterocycles. The van der Waals surface area contributed by atoms with Gasteiger partial charge in [0.15, 0.2) is 17.2 Å². The topological polar surface area (TPSA) is 141 Å². The van der Waals surface area contributed by atoms with E-state index in [-0.39, 0.29) is 19.3 Å². The summed E-state index contributed by atoms with van der Waals surface area (Å²) in [5.74, 6) is -2.05. The first-order chi connectivity index (χ1) is 19.1. The Kier molecular flexibility index (Phi) is 23.4. The van der Waals surface area contributed by atoms with Gasteiger partial charge in [0, 0.05) is 19.3 Å². The third-order valence-electron chi connectivity index (χ3n) is 7.67. The second-order valence-electron chi connectivity index (χ2n) is 11.4. The van der Waals surface area contributed by atoms with Crippen LogP contribution in [-0.2, 0) is 19.1 Å². The highest BCUT2D eigenvalue weighted by atomic mass is 16.5. The lowest BCUT2D eigenvalue weighted by molar-refractivity contribution is -0.190. The molecule has 4 N–H and O–H groups in total. The summed E-state index contributed by atoms with van der Waals surface area (Å²) >= 11 is 0. The highest BCUT2D eigenvalue weighted by Crippen LogP contribution is 2.23. The van der Waals surface area contributed by atoms with Gasteiger partial charge in [-0.2, -0.15) is 0 Å². The third kappa shape index (κ3) is 16.8. The molecule has 8 heteroatoms. The molecular formula is C32H60O8. The first kappa shape index (κ1) is 38.6. The molecule has 0 heterocycles. The lowest BCUT2D eigenvalue weighted by atomic mass is 9.83. The van der Waals surface area contributed by atoms with Crippen LogP contribution in [0, 0.1) is 0 Å². The summed E-state index contributed by atoms with van der Waals surface area (Å²) in [4.78, 5) is 37.9. The Morgan fingerprint density at radius 2 is 1.00 bits per heavy atom. The van der Waals surface area contributed by atoms with E-state index in [1.165, 1.54) is 0 Å². The van der Waals surface area contributed by atoms with E-state index in [0.717, 1.165) is 96.3 Å². The van der Waals surface area contributed by atoms with E-state index in [1.54, 1.807) is 0 Å². The molecule has 0 fully saturated rings. The zero-order valence-corrected chi connectivity index (χ0v) is 25.7. The smallest absolute Gasteiger partial charge is 0.305 e. The Balaban J connectivity index is 5.12. The van der Waals surface area contributed by atoms with Crippen LogP contribution in [0.25, 0.3) is 0 Å². The average Bonchev–Trinajstić information content (AvgIpc) is 2.95. The van der Waals surface area contributed by atoms with Gasteiger partial charge in [0.25, 0.3) is 0 Å². The summed E-state index contributed by atoms with van der Waals surface area (Å²) in [5.41, 5.74) is -2.62. The number of Topliss-reactive ketones (excluding diaryl/α,β-unsaturated/α-hetero) is 2. The van der Waals surface area contributed by atoms with Crippen molar-refractivity contribution >= 4 is 17.5 Å². The number of ether oxygens (including phenoxy) is 1. The lowest BCUT2D eigenvalue weighted by Gasteiger charge is -2.35. The maximum absolute atomic E-state index is 13.1. The van der Waals surface area contributed by atoms with Gasteiger partial charge in [0.05, 0.1) is 0 Å². The van der Waals surface area contributed by atoms with Gasteiger partial charge < -0.3 is 25.2 Å². The van der Waals surface area contributed by atoms with Crippen LogP contribution in [0.15, 0.2) is 0 Å². The van der Waals surface area contributed by atoms with E-state index in [4.69, 9.17) is 4.74 Å². The molecule has 1 unspecified atom stereocenters. The highest BCUT2D eigenvalue weighted by molar-refractivity contribution is 5.89. The number of ketones is 2. The predicted molar refractivity (Wildman–Crippen MR) is 158 cm³/mol. The molecule has 0 aromatic carbocycles. The summed E-state index contributed by atoms with van der Waals surface area (Å²) < 4.78 is 5.19. The number of hydrogen-bond acceptors (Lipinski definition) is 8. The van der Waals surface area contributed by atoms with Gasteiger partial charge in [-0.1, -0.05) is 117 Å². The van der Waals surface area contributed by atoms with E-state index >= 15 is 0 Å². The molecule has 0 amide bonds. The summed E-state index contributed by atoms with van der Waals surface area (Å²) in [6.07, 6.45) is 10.7. The van der Waals surface area contributed by atoms with Crippen molar-refractivity contribution in [3.05, 3.63) is 0 Å². The van der Waals surface area contributed by atoms with Gasteiger partial charge in [-0.3, -0.25) is 14.4 Å².